The SMILES string of the molecule is COC(=O)c1ccc(Nc2cc(C(F)(F)F)ccc2CN2C(=O)N(c3ccc(C#N)c(C(F)(F)F)c3)C(=O)C2(C)C)cc1. The quantitative estimate of drug-likeness (QED) is 0.187. The van der Waals surface area contributed by atoms with E-state index in [1.807, 2.05) is 0 Å². The molecule has 1 saturated heterocycles. The smallest absolute Gasteiger partial charge is 0.417 e. The van der Waals surface area contributed by atoms with Crippen LogP contribution in [0.3, 0.4) is 0 Å². The molecule has 8 nitrogen and oxygen atoms in total. The van der Waals surface area contributed by atoms with Crippen LogP contribution < -0.4 is 10.2 Å². The molecule has 3 aromatic carbocycles. The number of esters is 1. The molecule has 14 heteroatoms. The molecule has 3 aromatic rings. The summed E-state index contributed by atoms with van der Waals surface area (Å²) in [5, 5.41) is 11.9. The van der Waals surface area contributed by atoms with Crippen molar-refractivity contribution in [1.82, 2.24) is 4.90 Å². The zero-order valence-corrected chi connectivity index (χ0v) is 22.7. The normalized spacial score (nSPS) is 15.0. The van der Waals surface area contributed by atoms with Crippen LogP contribution in [0.5, 0.6) is 0 Å². The lowest BCUT2D eigenvalue weighted by molar-refractivity contribution is -0.138. The Morgan fingerprint density at radius 1 is 0.953 bits per heavy atom. The van der Waals surface area contributed by atoms with Gasteiger partial charge >= 0.3 is 24.4 Å². The van der Waals surface area contributed by atoms with E-state index < -0.39 is 64.7 Å². The van der Waals surface area contributed by atoms with Crippen LogP contribution in [-0.4, -0.2) is 35.5 Å². The molecule has 0 bridgehead atoms. The maximum Gasteiger partial charge on any atom is 0.417 e. The zero-order chi connectivity index (χ0) is 31.9. The summed E-state index contributed by atoms with van der Waals surface area (Å²) >= 11 is 0. The minimum absolute atomic E-state index is 0.0760. The average Bonchev–Trinajstić information content (AvgIpc) is 3.11. The minimum atomic E-state index is -4.95. The lowest BCUT2D eigenvalue weighted by Gasteiger charge is -2.29. The fourth-order valence-electron chi connectivity index (χ4n) is 4.47. The van der Waals surface area contributed by atoms with E-state index in [9.17, 15) is 40.7 Å². The number of nitriles is 1. The number of benzene rings is 3. The van der Waals surface area contributed by atoms with E-state index in [1.54, 1.807) is 0 Å². The number of halogens is 6. The Kier molecular flexibility index (Phi) is 7.88. The second-order valence-electron chi connectivity index (χ2n) is 9.97. The molecule has 224 valence electrons. The van der Waals surface area contributed by atoms with Gasteiger partial charge in [0.25, 0.3) is 5.91 Å². The Hall–Kier alpha value is -5.06. The van der Waals surface area contributed by atoms with Crippen molar-refractivity contribution in [3.63, 3.8) is 0 Å². The highest BCUT2D eigenvalue weighted by molar-refractivity contribution is 6.23. The maximum absolute atomic E-state index is 13.6. The second-order valence-corrected chi connectivity index (χ2v) is 9.97. The number of hydrogen-bond donors (Lipinski definition) is 1. The fraction of sp³-hybridized carbons (Fsp3) is 0.241. The first kappa shape index (κ1) is 30.9. The monoisotopic (exact) mass is 604 g/mol. The van der Waals surface area contributed by atoms with E-state index in [0.29, 0.717) is 11.0 Å². The third-order valence-electron chi connectivity index (χ3n) is 6.86. The second kappa shape index (κ2) is 11.0. The topological polar surface area (TPSA) is 103 Å². The number of anilines is 3. The van der Waals surface area contributed by atoms with Gasteiger partial charge in [0, 0.05) is 11.4 Å². The van der Waals surface area contributed by atoms with Crippen LogP contribution in [0.15, 0.2) is 60.7 Å². The van der Waals surface area contributed by atoms with Gasteiger partial charge in [0.15, 0.2) is 0 Å². The number of carbonyl (C=O) groups is 3. The Bertz CT molecular complexity index is 1640. The highest BCUT2D eigenvalue weighted by Gasteiger charge is 2.52. The van der Waals surface area contributed by atoms with Crippen molar-refractivity contribution in [3.8, 4) is 6.07 Å². The standard InChI is InChI=1S/C29H22F6N4O4/c1-27(2)25(41)39(21-11-7-17(14-36)22(13-21)29(33,34)35)26(42)38(27)15-18-4-8-19(28(30,31)32)12-23(18)37-20-9-5-16(6-10-20)24(40)43-3/h4-13,37H,15H2,1-3H3. The van der Waals surface area contributed by atoms with Gasteiger partial charge in [-0.1, -0.05) is 6.07 Å². The van der Waals surface area contributed by atoms with Crippen molar-refractivity contribution in [2.24, 2.45) is 0 Å². The van der Waals surface area contributed by atoms with Gasteiger partial charge in [-0.15, -0.1) is 0 Å². The molecule has 3 amide bonds. The fourth-order valence-corrected chi connectivity index (χ4v) is 4.47. The van der Waals surface area contributed by atoms with Crippen LogP contribution in [0.2, 0.25) is 0 Å². The Morgan fingerprint density at radius 3 is 2.16 bits per heavy atom. The van der Waals surface area contributed by atoms with Crippen LogP contribution in [0.1, 0.15) is 46.5 Å². The number of alkyl halides is 6. The van der Waals surface area contributed by atoms with Crippen molar-refractivity contribution >= 4 is 35.0 Å². The lowest BCUT2D eigenvalue weighted by Crippen LogP contribution is -2.43. The van der Waals surface area contributed by atoms with Gasteiger partial charge in [-0.05, 0) is 74.0 Å². The highest BCUT2D eigenvalue weighted by atomic mass is 19.4. The molecule has 0 unspecified atom stereocenters. The first-order valence-corrected chi connectivity index (χ1v) is 12.4. The van der Waals surface area contributed by atoms with Gasteiger partial charge < -0.3 is 15.0 Å². The molecule has 0 aromatic heterocycles. The van der Waals surface area contributed by atoms with E-state index in [0.717, 1.165) is 35.2 Å². The van der Waals surface area contributed by atoms with Crippen LogP contribution in [0, 0.1) is 11.3 Å². The number of methoxy groups -OCH3 is 1. The van der Waals surface area contributed by atoms with Crippen LogP contribution in [0.25, 0.3) is 0 Å². The van der Waals surface area contributed by atoms with Gasteiger partial charge in [0.05, 0.1) is 47.7 Å². The Labute approximate surface area is 241 Å². The van der Waals surface area contributed by atoms with E-state index in [2.05, 4.69) is 10.1 Å². The molecule has 0 saturated carbocycles. The van der Waals surface area contributed by atoms with Gasteiger partial charge in [0.1, 0.15) is 5.54 Å². The number of hydrogen-bond acceptors (Lipinski definition) is 6. The van der Waals surface area contributed by atoms with Crippen LogP contribution in [-0.2, 0) is 28.4 Å². The van der Waals surface area contributed by atoms with Gasteiger partial charge in [-0.3, -0.25) is 4.79 Å². The number of imide groups is 1. The summed E-state index contributed by atoms with van der Waals surface area (Å²) < 4.78 is 86.1. The van der Waals surface area contributed by atoms with Crippen molar-refractivity contribution in [3.05, 3.63) is 88.5 Å². The number of nitrogens with one attached hydrogen (secondary N) is 1. The molecule has 0 aliphatic carbocycles. The largest absolute Gasteiger partial charge is 0.465 e. The summed E-state index contributed by atoms with van der Waals surface area (Å²) in [5.74, 6) is -1.50. The number of nitrogens with zero attached hydrogens (tertiary/aromatic N) is 3. The molecule has 1 aliphatic rings. The average molecular weight is 605 g/mol. The Balaban J connectivity index is 1.72. The number of carbonyl (C=O) groups excluding carboxylic acids is 3. The highest BCUT2D eigenvalue weighted by Crippen LogP contribution is 2.40. The van der Waals surface area contributed by atoms with Crippen molar-refractivity contribution in [2.45, 2.75) is 38.3 Å². The molecule has 1 heterocycles. The minimum Gasteiger partial charge on any atom is -0.465 e. The summed E-state index contributed by atoms with van der Waals surface area (Å²) in [5.41, 5.74) is -4.54. The van der Waals surface area contributed by atoms with Crippen molar-refractivity contribution in [1.29, 1.82) is 5.26 Å². The predicted molar refractivity (Wildman–Crippen MR) is 141 cm³/mol. The summed E-state index contributed by atoms with van der Waals surface area (Å²) in [6, 6.07) is 11.2. The molecule has 1 aliphatic heterocycles. The van der Waals surface area contributed by atoms with Gasteiger partial charge in [-0.25, -0.2) is 14.5 Å². The van der Waals surface area contributed by atoms with E-state index in [4.69, 9.17) is 5.26 Å². The van der Waals surface area contributed by atoms with E-state index in [1.165, 1.54) is 51.3 Å². The van der Waals surface area contributed by atoms with Gasteiger partial charge in [0.2, 0.25) is 0 Å². The summed E-state index contributed by atoms with van der Waals surface area (Å²) in [7, 11) is 1.19. The number of ether oxygens (including phenoxy) is 1. The van der Waals surface area contributed by atoms with Crippen molar-refractivity contribution < 1.29 is 45.5 Å². The molecule has 1 fully saturated rings. The first-order valence-electron chi connectivity index (χ1n) is 12.4. The molecule has 0 radical (unpaired) electrons. The maximum atomic E-state index is 13.6. The zero-order valence-electron chi connectivity index (χ0n) is 22.7. The number of rotatable bonds is 6. The number of urea groups is 1. The third kappa shape index (κ3) is 5.97. The lowest BCUT2D eigenvalue weighted by atomic mass is 10.0. The molecular weight excluding hydrogens is 582 g/mol. The first-order chi connectivity index (χ1) is 20.0. The molecule has 0 spiro atoms. The van der Waals surface area contributed by atoms with Gasteiger partial charge in [-0.2, -0.15) is 31.6 Å². The Morgan fingerprint density at radius 2 is 1.60 bits per heavy atom. The summed E-state index contributed by atoms with van der Waals surface area (Å²) in [6.07, 6.45) is -9.66. The molecule has 1 N–H and O–H groups in total. The predicted octanol–water partition coefficient (Wildman–Crippen LogP) is 6.87. The number of amides is 3. The molecular formula is C29H22F6N4O4. The summed E-state index contributed by atoms with van der Waals surface area (Å²) in [4.78, 5) is 40.1. The van der Waals surface area contributed by atoms with Crippen LogP contribution in [0.4, 0.5) is 48.2 Å². The summed E-state index contributed by atoms with van der Waals surface area (Å²) in [6.45, 7) is 2.30. The van der Waals surface area contributed by atoms with Crippen LogP contribution >= 0.6 is 0 Å². The molecule has 0 atom stereocenters. The van der Waals surface area contributed by atoms with Crippen molar-refractivity contribution in [2.75, 3.05) is 17.3 Å². The van der Waals surface area contributed by atoms with E-state index >= 15 is 0 Å². The molecule has 4 rings (SSSR count). The third-order valence-corrected chi connectivity index (χ3v) is 6.86. The molecule has 43 heavy (non-hydrogen) atoms. The van der Waals surface area contributed by atoms with E-state index in [-0.39, 0.29) is 22.5 Å².